The predicted octanol–water partition coefficient (Wildman–Crippen LogP) is 14.1. The number of aliphatic hydroxyl groups is 8. The number of nitrogens with one attached hydrogen (secondary N) is 1. The zero-order valence-corrected chi connectivity index (χ0v) is 53.7. The SMILES string of the molecule is CCCCCCCCCC/C=C\CCCCCCCCCCCC(=O)NC(COC1OC(CO)C(OC2OC(CO)C(O)C(O)C2O)C(O)C1O)C(O)/C=C/CC/C=C/CCCCCCCCCCCCCCCCCCCCCCCCC. The normalized spacial score (nSPS) is 23.8. The van der Waals surface area contributed by atoms with Gasteiger partial charge in [0.2, 0.25) is 5.91 Å². The van der Waals surface area contributed by atoms with Crippen molar-refractivity contribution in [3.8, 4) is 0 Å². The summed E-state index contributed by atoms with van der Waals surface area (Å²) in [4.78, 5) is 13.3. The predicted molar refractivity (Wildman–Crippen MR) is 341 cm³/mol. The maximum atomic E-state index is 13.3. The average Bonchev–Trinajstić information content (AvgIpc) is 3.18. The van der Waals surface area contributed by atoms with Crippen molar-refractivity contribution in [2.75, 3.05) is 19.8 Å². The highest BCUT2D eigenvalue weighted by atomic mass is 16.7. The molecule has 2 saturated heterocycles. The van der Waals surface area contributed by atoms with Crippen molar-refractivity contribution in [3.05, 3.63) is 36.5 Å². The lowest BCUT2D eigenvalue weighted by molar-refractivity contribution is -0.359. The number of carbonyl (C=O) groups excluding carboxylic acids is 1. The molecule has 0 aliphatic carbocycles. The molecule has 14 nitrogen and oxygen atoms in total. The van der Waals surface area contributed by atoms with E-state index in [0.29, 0.717) is 12.8 Å². The van der Waals surface area contributed by atoms with Crippen LogP contribution in [-0.2, 0) is 23.7 Å². The van der Waals surface area contributed by atoms with E-state index in [-0.39, 0.29) is 18.9 Å². The molecule has 0 spiro atoms. The summed E-state index contributed by atoms with van der Waals surface area (Å²) in [7, 11) is 0. The molecule has 494 valence electrons. The van der Waals surface area contributed by atoms with E-state index >= 15 is 0 Å². The molecule has 12 unspecified atom stereocenters. The molecule has 2 aliphatic rings. The molecule has 1 amide bonds. The molecule has 0 saturated carbocycles. The molecule has 0 aromatic heterocycles. The van der Waals surface area contributed by atoms with Crippen molar-refractivity contribution in [2.45, 2.75) is 383 Å². The van der Waals surface area contributed by atoms with Crippen LogP contribution >= 0.6 is 0 Å². The number of ether oxygens (including phenoxy) is 4. The summed E-state index contributed by atoms with van der Waals surface area (Å²) in [5, 5.41) is 87.4. The lowest BCUT2D eigenvalue weighted by atomic mass is 9.97. The van der Waals surface area contributed by atoms with Crippen LogP contribution in [0.15, 0.2) is 36.5 Å². The zero-order chi connectivity index (χ0) is 60.9. The Kier molecular flexibility index (Phi) is 51.5. The number of unbranched alkanes of at least 4 members (excludes halogenated alkanes) is 41. The maximum absolute atomic E-state index is 13.3. The number of hydrogen-bond donors (Lipinski definition) is 9. The first-order valence-corrected chi connectivity index (χ1v) is 35.2. The molecule has 0 bridgehead atoms. The van der Waals surface area contributed by atoms with Crippen LogP contribution in [0.25, 0.3) is 0 Å². The second kappa shape index (κ2) is 55.3. The minimum absolute atomic E-state index is 0.247. The van der Waals surface area contributed by atoms with Crippen LogP contribution in [0.5, 0.6) is 0 Å². The Hall–Kier alpha value is -1.79. The summed E-state index contributed by atoms with van der Waals surface area (Å²) >= 11 is 0. The summed E-state index contributed by atoms with van der Waals surface area (Å²) < 4.78 is 22.8. The van der Waals surface area contributed by atoms with Gasteiger partial charge in [0.15, 0.2) is 12.6 Å². The van der Waals surface area contributed by atoms with Crippen LogP contribution in [0.1, 0.15) is 309 Å². The average molecular weight is 1190 g/mol. The highest BCUT2D eigenvalue weighted by Crippen LogP contribution is 2.30. The van der Waals surface area contributed by atoms with Crippen molar-refractivity contribution >= 4 is 5.91 Å². The number of carbonyl (C=O) groups is 1. The van der Waals surface area contributed by atoms with E-state index in [0.717, 1.165) is 32.1 Å². The van der Waals surface area contributed by atoms with E-state index in [1.807, 2.05) is 6.08 Å². The Balaban J connectivity index is 1.70. The number of rotatable bonds is 58. The quantitative estimate of drug-likeness (QED) is 0.0204. The molecular weight excluding hydrogens is 1060 g/mol. The van der Waals surface area contributed by atoms with E-state index in [9.17, 15) is 45.6 Å². The molecule has 0 aromatic carbocycles. The van der Waals surface area contributed by atoms with Crippen LogP contribution in [0.3, 0.4) is 0 Å². The third-order valence-electron chi connectivity index (χ3n) is 17.3. The van der Waals surface area contributed by atoms with E-state index in [2.05, 4.69) is 43.5 Å². The first-order valence-electron chi connectivity index (χ1n) is 35.2. The van der Waals surface area contributed by atoms with Crippen molar-refractivity contribution < 1.29 is 64.6 Å². The minimum Gasteiger partial charge on any atom is -0.394 e. The molecule has 2 fully saturated rings. The number of aliphatic hydroxyl groups excluding tert-OH is 8. The van der Waals surface area contributed by atoms with E-state index in [1.165, 1.54) is 244 Å². The monoisotopic (exact) mass is 1190 g/mol. The van der Waals surface area contributed by atoms with Crippen LogP contribution in [-0.4, -0.2) is 140 Å². The summed E-state index contributed by atoms with van der Waals surface area (Å²) in [6.45, 7) is 2.82. The van der Waals surface area contributed by atoms with Gasteiger partial charge in [-0.2, -0.15) is 0 Å². The third kappa shape index (κ3) is 39.3. The fraction of sp³-hybridized carbons (Fsp3) is 0.900. The molecule has 0 aromatic rings. The van der Waals surface area contributed by atoms with Crippen LogP contribution in [0.2, 0.25) is 0 Å². The summed E-state index contributed by atoms with van der Waals surface area (Å²) in [5.41, 5.74) is 0. The van der Waals surface area contributed by atoms with Crippen LogP contribution < -0.4 is 5.32 Å². The van der Waals surface area contributed by atoms with Gasteiger partial charge in [-0.15, -0.1) is 0 Å². The van der Waals surface area contributed by atoms with Crippen LogP contribution in [0, 0.1) is 0 Å². The van der Waals surface area contributed by atoms with E-state index < -0.39 is 86.8 Å². The third-order valence-corrected chi connectivity index (χ3v) is 17.3. The minimum atomic E-state index is -1.79. The Morgan fingerprint density at radius 3 is 1.17 bits per heavy atom. The van der Waals surface area contributed by atoms with Gasteiger partial charge in [0.25, 0.3) is 0 Å². The molecule has 9 N–H and O–H groups in total. The van der Waals surface area contributed by atoms with Gasteiger partial charge >= 0.3 is 0 Å². The largest absolute Gasteiger partial charge is 0.394 e. The lowest BCUT2D eigenvalue weighted by Gasteiger charge is -2.46. The van der Waals surface area contributed by atoms with Crippen molar-refractivity contribution in [1.82, 2.24) is 5.32 Å². The first kappa shape index (κ1) is 78.3. The molecule has 2 aliphatic heterocycles. The molecule has 0 radical (unpaired) electrons. The van der Waals surface area contributed by atoms with Gasteiger partial charge in [-0.1, -0.05) is 281 Å². The highest BCUT2D eigenvalue weighted by Gasteiger charge is 2.51. The molecule has 84 heavy (non-hydrogen) atoms. The van der Waals surface area contributed by atoms with Gasteiger partial charge in [-0.25, -0.2) is 0 Å². The van der Waals surface area contributed by atoms with Gasteiger partial charge in [-0.3, -0.25) is 4.79 Å². The topological polar surface area (TPSA) is 228 Å². The van der Waals surface area contributed by atoms with Gasteiger partial charge < -0.3 is 65.1 Å². The number of allylic oxidation sites excluding steroid dienone is 5. The summed E-state index contributed by atoms with van der Waals surface area (Å²) in [6, 6.07) is -0.933. The second-order valence-electron chi connectivity index (χ2n) is 25.0. The smallest absolute Gasteiger partial charge is 0.220 e. The Morgan fingerprint density at radius 2 is 0.762 bits per heavy atom. The standard InChI is InChI=1S/C70H131NO13/c1-3-5-7-9-11-13-15-17-19-21-23-25-26-27-28-29-30-31-32-34-35-37-39-41-43-45-47-49-51-53-59(74)58(57-81-69-67(80)65(78)68(61(56-73)83-69)84-70-66(79)64(77)63(76)60(55-72)82-70)71-62(75)54-52-50-48-46-44-42-40-38-36-33-24-22-20-18-16-14-12-10-8-6-4-2/h22,24,43,45,51,53,58-61,63-70,72-74,76-80H,3-21,23,25-42,44,46-50,52,54-57H2,1-2H3,(H,71,75)/b24-22-,45-43+,53-51+. The van der Waals surface area contributed by atoms with Gasteiger partial charge in [0.1, 0.15) is 48.8 Å². The van der Waals surface area contributed by atoms with Gasteiger partial charge in [0.05, 0.1) is 32.0 Å². The fourth-order valence-electron chi connectivity index (χ4n) is 11.7. The highest BCUT2D eigenvalue weighted by molar-refractivity contribution is 5.76. The fourth-order valence-corrected chi connectivity index (χ4v) is 11.7. The molecule has 2 heterocycles. The Bertz CT molecular complexity index is 1550. The van der Waals surface area contributed by atoms with Crippen LogP contribution in [0.4, 0.5) is 0 Å². The maximum Gasteiger partial charge on any atom is 0.220 e. The molecule has 12 atom stereocenters. The lowest BCUT2D eigenvalue weighted by Crippen LogP contribution is -2.65. The molecule has 2 rings (SSSR count). The Morgan fingerprint density at radius 1 is 0.417 bits per heavy atom. The summed E-state index contributed by atoms with van der Waals surface area (Å²) in [6.07, 6.45) is 53.5. The molecule has 14 heteroatoms. The van der Waals surface area contributed by atoms with Gasteiger partial charge in [-0.05, 0) is 57.8 Å². The van der Waals surface area contributed by atoms with Gasteiger partial charge in [0, 0.05) is 6.42 Å². The Labute approximate surface area is 512 Å². The van der Waals surface area contributed by atoms with E-state index in [4.69, 9.17) is 18.9 Å². The molecular formula is C70H131NO13. The van der Waals surface area contributed by atoms with E-state index in [1.54, 1.807) is 6.08 Å². The first-order chi connectivity index (χ1) is 41.1. The summed E-state index contributed by atoms with van der Waals surface area (Å²) in [5.74, 6) is -0.247. The van der Waals surface area contributed by atoms with Crippen molar-refractivity contribution in [3.63, 3.8) is 0 Å². The van der Waals surface area contributed by atoms with Crippen molar-refractivity contribution in [2.24, 2.45) is 0 Å². The zero-order valence-electron chi connectivity index (χ0n) is 53.7. The number of amides is 1. The van der Waals surface area contributed by atoms with Crippen molar-refractivity contribution in [1.29, 1.82) is 0 Å². The number of hydrogen-bond acceptors (Lipinski definition) is 13. The second-order valence-corrected chi connectivity index (χ2v) is 25.0.